The predicted molar refractivity (Wildman–Crippen MR) is 79.6 cm³/mol. The molecule has 0 saturated carbocycles. The Bertz CT molecular complexity index is 613. The standard InChI is InChI=1S/C16H16ClF2NO/c1-10(20-2)15-7-12(17)3-4-16(15)21-9-11-5-13(18)8-14(19)6-11/h3-8,10,20H,9H2,1-2H3. The van der Waals surface area contributed by atoms with Gasteiger partial charge in [0.05, 0.1) is 0 Å². The lowest BCUT2D eigenvalue weighted by Gasteiger charge is -2.17. The number of ether oxygens (including phenoxy) is 1. The van der Waals surface area contributed by atoms with E-state index in [1.165, 1.54) is 12.1 Å². The second-order valence-corrected chi connectivity index (χ2v) is 5.20. The summed E-state index contributed by atoms with van der Waals surface area (Å²) in [5.74, 6) is -0.604. The van der Waals surface area contributed by atoms with Crippen molar-refractivity contribution in [3.63, 3.8) is 0 Å². The van der Waals surface area contributed by atoms with Gasteiger partial charge >= 0.3 is 0 Å². The van der Waals surface area contributed by atoms with Crippen LogP contribution in [0.15, 0.2) is 36.4 Å². The molecule has 2 rings (SSSR count). The van der Waals surface area contributed by atoms with Crippen LogP contribution in [-0.2, 0) is 6.61 Å². The molecular formula is C16H16ClF2NO. The molecule has 2 nitrogen and oxygen atoms in total. The van der Waals surface area contributed by atoms with E-state index >= 15 is 0 Å². The average Bonchev–Trinajstić information content (AvgIpc) is 2.44. The first kappa shape index (κ1) is 15.7. The van der Waals surface area contributed by atoms with Gasteiger partial charge in [-0.2, -0.15) is 0 Å². The molecule has 0 saturated heterocycles. The first-order valence-corrected chi connectivity index (χ1v) is 6.92. The summed E-state index contributed by atoms with van der Waals surface area (Å²) >= 11 is 5.99. The zero-order valence-electron chi connectivity index (χ0n) is 11.8. The van der Waals surface area contributed by atoms with E-state index in [-0.39, 0.29) is 12.6 Å². The quantitative estimate of drug-likeness (QED) is 0.879. The van der Waals surface area contributed by atoms with Gasteiger partial charge < -0.3 is 10.1 Å². The van der Waals surface area contributed by atoms with Gasteiger partial charge in [0.25, 0.3) is 0 Å². The number of nitrogens with one attached hydrogen (secondary N) is 1. The average molecular weight is 312 g/mol. The van der Waals surface area contributed by atoms with Crippen LogP contribution in [0.5, 0.6) is 5.75 Å². The highest BCUT2D eigenvalue weighted by atomic mass is 35.5. The Morgan fingerprint density at radius 3 is 2.43 bits per heavy atom. The molecule has 0 fully saturated rings. The first-order valence-electron chi connectivity index (χ1n) is 6.54. The molecule has 0 aliphatic rings. The second kappa shape index (κ2) is 6.87. The number of halogens is 3. The van der Waals surface area contributed by atoms with Crippen LogP contribution in [0.1, 0.15) is 24.1 Å². The van der Waals surface area contributed by atoms with E-state index in [2.05, 4.69) is 5.32 Å². The third-order valence-corrected chi connectivity index (χ3v) is 3.42. The molecule has 5 heteroatoms. The van der Waals surface area contributed by atoms with Crippen molar-refractivity contribution in [2.24, 2.45) is 0 Å². The van der Waals surface area contributed by atoms with Crippen molar-refractivity contribution in [2.45, 2.75) is 19.6 Å². The summed E-state index contributed by atoms with van der Waals surface area (Å²) in [6.07, 6.45) is 0. The van der Waals surface area contributed by atoms with Gasteiger partial charge in [0.15, 0.2) is 0 Å². The molecule has 1 unspecified atom stereocenters. The minimum atomic E-state index is -0.617. The maximum Gasteiger partial charge on any atom is 0.126 e. The van der Waals surface area contributed by atoms with Crippen molar-refractivity contribution >= 4 is 11.6 Å². The van der Waals surface area contributed by atoms with Crippen LogP contribution in [-0.4, -0.2) is 7.05 Å². The van der Waals surface area contributed by atoms with Gasteiger partial charge in [-0.25, -0.2) is 8.78 Å². The third-order valence-electron chi connectivity index (χ3n) is 3.19. The molecule has 2 aromatic carbocycles. The summed E-state index contributed by atoms with van der Waals surface area (Å²) in [5, 5.41) is 3.71. The molecular weight excluding hydrogens is 296 g/mol. The smallest absolute Gasteiger partial charge is 0.126 e. The van der Waals surface area contributed by atoms with Crippen LogP contribution in [0.3, 0.4) is 0 Å². The van der Waals surface area contributed by atoms with Gasteiger partial charge in [-0.3, -0.25) is 0 Å². The Morgan fingerprint density at radius 2 is 1.81 bits per heavy atom. The van der Waals surface area contributed by atoms with Crippen LogP contribution in [0.2, 0.25) is 5.02 Å². The molecule has 0 amide bonds. The molecule has 0 aromatic heterocycles. The van der Waals surface area contributed by atoms with Crippen molar-refractivity contribution in [1.29, 1.82) is 0 Å². The zero-order chi connectivity index (χ0) is 15.4. The topological polar surface area (TPSA) is 21.3 Å². The van der Waals surface area contributed by atoms with Crippen molar-refractivity contribution in [1.82, 2.24) is 5.32 Å². The van der Waals surface area contributed by atoms with Gasteiger partial charge in [-0.15, -0.1) is 0 Å². The highest BCUT2D eigenvalue weighted by molar-refractivity contribution is 6.30. The van der Waals surface area contributed by atoms with E-state index in [0.717, 1.165) is 11.6 Å². The fraction of sp³-hybridized carbons (Fsp3) is 0.250. The largest absolute Gasteiger partial charge is 0.489 e. The molecule has 0 aliphatic carbocycles. The Kier molecular flexibility index (Phi) is 5.15. The second-order valence-electron chi connectivity index (χ2n) is 4.76. The lowest BCUT2D eigenvalue weighted by molar-refractivity contribution is 0.299. The van der Waals surface area contributed by atoms with Gasteiger partial charge in [0.1, 0.15) is 24.0 Å². The summed E-state index contributed by atoms with van der Waals surface area (Å²) in [6.45, 7) is 2.06. The summed E-state index contributed by atoms with van der Waals surface area (Å²) in [7, 11) is 1.83. The highest BCUT2D eigenvalue weighted by Crippen LogP contribution is 2.29. The summed E-state index contributed by atoms with van der Waals surface area (Å²) in [6, 6.07) is 8.66. The molecule has 1 N–H and O–H groups in total. The normalized spacial score (nSPS) is 12.2. The Balaban J connectivity index is 2.19. The van der Waals surface area contributed by atoms with Gasteiger partial charge in [0, 0.05) is 22.7 Å². The van der Waals surface area contributed by atoms with Gasteiger partial charge in [-0.1, -0.05) is 11.6 Å². The van der Waals surface area contributed by atoms with Crippen molar-refractivity contribution in [3.05, 3.63) is 64.2 Å². The van der Waals surface area contributed by atoms with E-state index in [4.69, 9.17) is 16.3 Å². The molecule has 0 radical (unpaired) electrons. The van der Waals surface area contributed by atoms with E-state index in [9.17, 15) is 8.78 Å². The van der Waals surface area contributed by atoms with Crippen molar-refractivity contribution < 1.29 is 13.5 Å². The lowest BCUT2D eigenvalue weighted by atomic mass is 10.1. The van der Waals surface area contributed by atoms with Crippen LogP contribution < -0.4 is 10.1 Å². The highest BCUT2D eigenvalue weighted by Gasteiger charge is 2.11. The maximum absolute atomic E-state index is 13.1. The number of benzene rings is 2. The molecule has 1 atom stereocenters. The van der Waals surface area contributed by atoms with Crippen LogP contribution in [0.4, 0.5) is 8.78 Å². The Morgan fingerprint density at radius 1 is 1.14 bits per heavy atom. The fourth-order valence-corrected chi connectivity index (χ4v) is 2.18. The minimum Gasteiger partial charge on any atom is -0.489 e. The first-order chi connectivity index (χ1) is 9.99. The van der Waals surface area contributed by atoms with Gasteiger partial charge in [0.2, 0.25) is 0 Å². The summed E-state index contributed by atoms with van der Waals surface area (Å²) in [5.41, 5.74) is 1.33. The molecule has 21 heavy (non-hydrogen) atoms. The predicted octanol–water partition coefficient (Wildman–Crippen LogP) is 4.48. The van der Waals surface area contributed by atoms with Crippen molar-refractivity contribution in [3.8, 4) is 5.75 Å². The summed E-state index contributed by atoms with van der Waals surface area (Å²) in [4.78, 5) is 0. The third kappa shape index (κ3) is 4.16. The van der Waals surface area contributed by atoms with Gasteiger partial charge in [-0.05, 0) is 49.9 Å². The fourth-order valence-electron chi connectivity index (χ4n) is 2.00. The maximum atomic E-state index is 13.1. The molecule has 0 bridgehead atoms. The number of hydrogen-bond donors (Lipinski definition) is 1. The van der Waals surface area contributed by atoms with E-state index in [0.29, 0.717) is 16.3 Å². The van der Waals surface area contributed by atoms with Crippen molar-refractivity contribution in [2.75, 3.05) is 7.05 Å². The molecule has 0 spiro atoms. The van der Waals surface area contributed by atoms with E-state index < -0.39 is 11.6 Å². The minimum absolute atomic E-state index is 0.0444. The molecule has 112 valence electrons. The SMILES string of the molecule is CNC(C)c1cc(Cl)ccc1OCc1cc(F)cc(F)c1. The van der Waals surface area contributed by atoms with E-state index in [1.54, 1.807) is 12.1 Å². The monoisotopic (exact) mass is 311 g/mol. The van der Waals surface area contributed by atoms with E-state index in [1.807, 2.05) is 20.0 Å². The van der Waals surface area contributed by atoms with Crippen LogP contribution in [0, 0.1) is 11.6 Å². The van der Waals surface area contributed by atoms with Crippen LogP contribution >= 0.6 is 11.6 Å². The molecule has 0 aliphatic heterocycles. The lowest BCUT2D eigenvalue weighted by Crippen LogP contribution is -2.13. The zero-order valence-corrected chi connectivity index (χ0v) is 12.5. The molecule has 2 aromatic rings. The number of rotatable bonds is 5. The molecule has 0 heterocycles. The Labute approximate surface area is 127 Å². The Hall–Kier alpha value is -1.65. The summed E-state index contributed by atoms with van der Waals surface area (Å²) < 4.78 is 32.0. The number of hydrogen-bond acceptors (Lipinski definition) is 2. The van der Waals surface area contributed by atoms with Crippen LogP contribution in [0.25, 0.3) is 0 Å².